The highest BCUT2D eigenvalue weighted by molar-refractivity contribution is 7.17. The molecule has 2 heterocycles. The zero-order valence-electron chi connectivity index (χ0n) is 18.8. The minimum absolute atomic E-state index is 0.124. The molecule has 0 radical (unpaired) electrons. The molecule has 0 atom stereocenters. The average molecular weight is 466 g/mol. The van der Waals surface area contributed by atoms with Crippen molar-refractivity contribution >= 4 is 51.3 Å². The number of para-hydroxylation sites is 1. The van der Waals surface area contributed by atoms with Crippen molar-refractivity contribution in [1.82, 2.24) is 9.97 Å². The number of benzene rings is 3. The molecule has 3 aromatic carbocycles. The largest absolute Gasteiger partial charge is 0.362 e. The highest BCUT2D eigenvalue weighted by Crippen LogP contribution is 2.29. The Morgan fingerprint density at radius 1 is 0.794 bits per heavy atom. The Morgan fingerprint density at radius 2 is 1.50 bits per heavy atom. The van der Waals surface area contributed by atoms with E-state index in [1.54, 1.807) is 0 Å². The number of anilines is 4. The van der Waals surface area contributed by atoms with Crippen molar-refractivity contribution in [3.63, 3.8) is 0 Å². The van der Waals surface area contributed by atoms with Gasteiger partial charge in [0.05, 0.1) is 10.4 Å². The summed E-state index contributed by atoms with van der Waals surface area (Å²) in [7, 11) is 3.93. The summed E-state index contributed by atoms with van der Waals surface area (Å²) in [4.78, 5) is 25.7. The van der Waals surface area contributed by atoms with Gasteiger partial charge in [-0.2, -0.15) is 4.98 Å². The fourth-order valence-electron chi connectivity index (χ4n) is 3.63. The van der Waals surface area contributed by atoms with Crippen molar-refractivity contribution < 1.29 is 4.79 Å². The van der Waals surface area contributed by atoms with Crippen LogP contribution in [-0.2, 0) is 0 Å². The minimum Gasteiger partial charge on any atom is -0.362 e. The highest BCUT2D eigenvalue weighted by atomic mass is 32.1. The Morgan fingerprint density at radius 3 is 2.26 bits per heavy atom. The first-order valence-corrected chi connectivity index (χ1v) is 11.7. The molecule has 168 valence electrons. The molecule has 7 heteroatoms. The molecule has 2 N–H and O–H groups in total. The van der Waals surface area contributed by atoms with Crippen LogP contribution in [0, 0.1) is 0 Å². The van der Waals surface area contributed by atoms with Crippen LogP contribution in [-0.4, -0.2) is 30.0 Å². The zero-order chi connectivity index (χ0) is 23.5. The Bertz CT molecular complexity index is 1450. The summed E-state index contributed by atoms with van der Waals surface area (Å²) in [5, 5.41) is 7.23. The summed E-state index contributed by atoms with van der Waals surface area (Å²) in [6.07, 6.45) is 0. The molecule has 2 aromatic heterocycles. The molecule has 34 heavy (non-hydrogen) atoms. The van der Waals surface area contributed by atoms with E-state index < -0.39 is 0 Å². The lowest BCUT2D eigenvalue weighted by Gasteiger charge is -2.16. The van der Waals surface area contributed by atoms with Gasteiger partial charge in [0, 0.05) is 35.7 Å². The van der Waals surface area contributed by atoms with E-state index in [0.717, 1.165) is 38.5 Å². The normalized spacial score (nSPS) is 10.8. The van der Waals surface area contributed by atoms with Crippen LogP contribution in [0.5, 0.6) is 0 Å². The van der Waals surface area contributed by atoms with Crippen LogP contribution in [0.4, 0.5) is 23.1 Å². The predicted molar refractivity (Wildman–Crippen MR) is 141 cm³/mol. The average Bonchev–Trinajstić information content (AvgIpc) is 3.36. The third-order valence-electron chi connectivity index (χ3n) is 5.29. The standard InChI is InChI=1S/C27H23N5OS/c1-32(2)25-21-10-6-7-11-22(21)30-27(31-25)29-20-14-12-19(13-15-20)28-26(33)24-17-16-23(34-24)18-8-4-3-5-9-18/h3-17H,1-2H3,(H,28,33)(H,29,30,31). The lowest BCUT2D eigenvalue weighted by molar-refractivity contribution is 0.103. The first kappa shape index (κ1) is 21.6. The second-order valence-corrected chi connectivity index (χ2v) is 9.05. The smallest absolute Gasteiger partial charge is 0.265 e. The number of thiophene rings is 1. The van der Waals surface area contributed by atoms with Crippen LogP contribution in [0.2, 0.25) is 0 Å². The summed E-state index contributed by atoms with van der Waals surface area (Å²) in [6.45, 7) is 0. The topological polar surface area (TPSA) is 70.2 Å². The van der Waals surface area contributed by atoms with E-state index in [1.807, 2.05) is 110 Å². The molecular formula is C27H23N5OS. The Labute approximate surface area is 201 Å². The number of hydrogen-bond acceptors (Lipinski definition) is 6. The lowest BCUT2D eigenvalue weighted by atomic mass is 10.2. The van der Waals surface area contributed by atoms with Gasteiger partial charge in [-0.1, -0.05) is 42.5 Å². The second-order valence-electron chi connectivity index (χ2n) is 7.97. The van der Waals surface area contributed by atoms with Gasteiger partial charge in [0.2, 0.25) is 5.95 Å². The number of carbonyl (C=O) groups excluding carboxylic acids is 1. The zero-order valence-corrected chi connectivity index (χ0v) is 19.6. The fraction of sp³-hybridized carbons (Fsp3) is 0.0741. The second kappa shape index (κ2) is 9.33. The SMILES string of the molecule is CN(C)c1nc(Nc2ccc(NC(=O)c3ccc(-c4ccccc4)s3)cc2)nc2ccccc12. The molecular weight excluding hydrogens is 442 g/mol. The van der Waals surface area contributed by atoms with Gasteiger partial charge in [-0.3, -0.25) is 4.79 Å². The van der Waals surface area contributed by atoms with Crippen molar-refractivity contribution in [3.8, 4) is 10.4 Å². The van der Waals surface area contributed by atoms with Crippen molar-refractivity contribution in [2.24, 2.45) is 0 Å². The van der Waals surface area contributed by atoms with E-state index in [2.05, 4.69) is 20.6 Å². The summed E-state index contributed by atoms with van der Waals surface area (Å²) in [5.41, 5.74) is 3.54. The Kier molecular flexibility index (Phi) is 5.93. The highest BCUT2D eigenvalue weighted by Gasteiger charge is 2.12. The molecule has 5 rings (SSSR count). The van der Waals surface area contributed by atoms with Gasteiger partial charge < -0.3 is 15.5 Å². The fourth-order valence-corrected chi connectivity index (χ4v) is 4.54. The van der Waals surface area contributed by atoms with Crippen molar-refractivity contribution in [2.45, 2.75) is 0 Å². The number of carbonyl (C=O) groups is 1. The van der Waals surface area contributed by atoms with Crippen molar-refractivity contribution in [1.29, 1.82) is 0 Å². The van der Waals surface area contributed by atoms with E-state index in [9.17, 15) is 4.79 Å². The summed E-state index contributed by atoms with van der Waals surface area (Å²) in [5.74, 6) is 1.25. The molecule has 5 aromatic rings. The molecule has 0 aliphatic heterocycles. The summed E-state index contributed by atoms with van der Waals surface area (Å²) >= 11 is 1.48. The molecule has 0 bridgehead atoms. The van der Waals surface area contributed by atoms with E-state index in [0.29, 0.717) is 10.8 Å². The molecule has 1 amide bonds. The molecule has 0 aliphatic carbocycles. The van der Waals surface area contributed by atoms with Gasteiger partial charge in [0.25, 0.3) is 5.91 Å². The number of rotatable bonds is 6. The molecule has 0 unspecified atom stereocenters. The molecule has 0 aliphatic rings. The van der Waals surface area contributed by atoms with Gasteiger partial charge in [-0.25, -0.2) is 4.98 Å². The number of nitrogens with zero attached hydrogens (tertiary/aromatic N) is 3. The number of fused-ring (bicyclic) bond motifs is 1. The van der Waals surface area contributed by atoms with Crippen molar-refractivity contribution in [2.75, 3.05) is 29.6 Å². The summed E-state index contributed by atoms with van der Waals surface area (Å²) in [6, 6.07) is 29.3. The summed E-state index contributed by atoms with van der Waals surface area (Å²) < 4.78 is 0. The van der Waals surface area contributed by atoms with E-state index in [4.69, 9.17) is 0 Å². The predicted octanol–water partition coefficient (Wildman–Crippen LogP) is 6.42. The van der Waals surface area contributed by atoms with Gasteiger partial charge in [0.1, 0.15) is 5.82 Å². The Hall–Kier alpha value is -4.23. The van der Waals surface area contributed by atoms with Crippen molar-refractivity contribution in [3.05, 3.63) is 95.9 Å². The van der Waals surface area contributed by atoms with Gasteiger partial charge in [-0.05, 0) is 54.1 Å². The maximum absolute atomic E-state index is 12.7. The quantitative estimate of drug-likeness (QED) is 0.303. The van der Waals surface area contributed by atoms with Crippen LogP contribution in [0.3, 0.4) is 0 Å². The number of aromatic nitrogens is 2. The first-order valence-electron chi connectivity index (χ1n) is 10.8. The van der Waals surface area contributed by atoms with E-state index in [1.165, 1.54) is 11.3 Å². The van der Waals surface area contributed by atoms with E-state index in [-0.39, 0.29) is 5.91 Å². The molecule has 0 saturated carbocycles. The monoisotopic (exact) mass is 465 g/mol. The molecule has 6 nitrogen and oxygen atoms in total. The Balaban J connectivity index is 1.29. The van der Waals surface area contributed by atoms with Gasteiger partial charge in [0.15, 0.2) is 0 Å². The first-order chi connectivity index (χ1) is 16.6. The third-order valence-corrected chi connectivity index (χ3v) is 6.43. The van der Waals surface area contributed by atoms with Gasteiger partial charge >= 0.3 is 0 Å². The number of nitrogens with one attached hydrogen (secondary N) is 2. The van der Waals surface area contributed by atoms with Crippen LogP contribution >= 0.6 is 11.3 Å². The maximum Gasteiger partial charge on any atom is 0.265 e. The van der Waals surface area contributed by atoms with Gasteiger partial charge in [-0.15, -0.1) is 11.3 Å². The molecule has 0 fully saturated rings. The molecule has 0 saturated heterocycles. The van der Waals surface area contributed by atoms with Crippen LogP contribution in [0.15, 0.2) is 91.0 Å². The number of amides is 1. The number of hydrogen-bond donors (Lipinski definition) is 2. The van der Waals surface area contributed by atoms with Crippen LogP contribution in [0.1, 0.15) is 9.67 Å². The maximum atomic E-state index is 12.7. The van der Waals surface area contributed by atoms with Crippen LogP contribution in [0.25, 0.3) is 21.3 Å². The van der Waals surface area contributed by atoms with E-state index >= 15 is 0 Å². The third kappa shape index (κ3) is 4.60. The molecule has 0 spiro atoms. The lowest BCUT2D eigenvalue weighted by Crippen LogP contribution is -2.13. The minimum atomic E-state index is -0.124. The van der Waals surface area contributed by atoms with Crippen LogP contribution < -0.4 is 15.5 Å².